The highest BCUT2D eigenvalue weighted by atomic mass is 35.5. The van der Waals surface area contributed by atoms with Crippen LogP contribution in [0.2, 0.25) is 5.02 Å². The van der Waals surface area contributed by atoms with Crippen molar-refractivity contribution in [3.05, 3.63) is 46.5 Å². The Bertz CT molecular complexity index is 729. The predicted molar refractivity (Wildman–Crippen MR) is 85.2 cm³/mol. The lowest BCUT2D eigenvalue weighted by Gasteiger charge is -2.20. The number of methoxy groups -OCH3 is 1. The van der Waals surface area contributed by atoms with Crippen molar-refractivity contribution in [1.29, 1.82) is 0 Å². The van der Waals surface area contributed by atoms with Crippen LogP contribution in [-0.4, -0.2) is 26.6 Å². The average molecular weight is 335 g/mol. The van der Waals surface area contributed by atoms with Gasteiger partial charge in [-0.2, -0.15) is 0 Å². The molecule has 3 rings (SSSR count). The maximum atomic E-state index is 10.9. The second-order valence-corrected chi connectivity index (χ2v) is 5.33. The van der Waals surface area contributed by atoms with Crippen LogP contribution in [0.15, 0.2) is 30.3 Å². The minimum atomic E-state index is 0.259. The Morgan fingerprint density at radius 3 is 2.78 bits per heavy atom. The Morgan fingerprint density at radius 2 is 2.00 bits per heavy atom. The minimum Gasteiger partial charge on any atom is -0.493 e. The Labute approximate surface area is 138 Å². The Balaban J connectivity index is 1.81. The van der Waals surface area contributed by atoms with Crippen LogP contribution in [0, 0.1) is 0 Å². The van der Waals surface area contributed by atoms with Crippen LogP contribution in [0.1, 0.15) is 15.9 Å². The van der Waals surface area contributed by atoms with Crippen molar-refractivity contribution in [3.63, 3.8) is 0 Å². The van der Waals surface area contributed by atoms with Gasteiger partial charge in [-0.1, -0.05) is 11.6 Å². The zero-order chi connectivity index (χ0) is 16.2. The summed E-state index contributed by atoms with van der Waals surface area (Å²) in [4.78, 5) is 10.9. The summed E-state index contributed by atoms with van der Waals surface area (Å²) in [5.74, 6) is 2.21. The molecule has 5 nitrogen and oxygen atoms in total. The standard InChI is InChI=1S/C17H15ClO5/c1-20-14-3-2-11(9-19)7-15(14)23-10-12-6-13(18)17-16(8-12)21-4-5-22-17/h2-3,6-9H,4-5,10H2,1H3. The highest BCUT2D eigenvalue weighted by Gasteiger charge is 2.17. The molecule has 1 aliphatic rings. The van der Waals surface area contributed by atoms with Gasteiger partial charge in [-0.15, -0.1) is 0 Å². The van der Waals surface area contributed by atoms with E-state index in [1.54, 1.807) is 31.4 Å². The molecular formula is C17H15ClO5. The molecule has 0 bridgehead atoms. The van der Waals surface area contributed by atoms with Crippen LogP contribution in [-0.2, 0) is 6.61 Å². The highest BCUT2D eigenvalue weighted by molar-refractivity contribution is 6.32. The fourth-order valence-electron chi connectivity index (χ4n) is 2.29. The van der Waals surface area contributed by atoms with Gasteiger partial charge in [0.25, 0.3) is 0 Å². The van der Waals surface area contributed by atoms with E-state index in [1.807, 2.05) is 6.07 Å². The number of fused-ring (bicyclic) bond motifs is 1. The maximum absolute atomic E-state index is 10.9. The van der Waals surface area contributed by atoms with E-state index in [-0.39, 0.29) is 6.61 Å². The van der Waals surface area contributed by atoms with Crippen molar-refractivity contribution in [1.82, 2.24) is 0 Å². The molecule has 0 unspecified atom stereocenters. The number of hydrogen-bond acceptors (Lipinski definition) is 5. The first-order valence-corrected chi connectivity index (χ1v) is 7.43. The Hall–Kier alpha value is -2.40. The van der Waals surface area contributed by atoms with Gasteiger partial charge < -0.3 is 18.9 Å². The van der Waals surface area contributed by atoms with Crippen molar-refractivity contribution in [2.45, 2.75) is 6.61 Å². The van der Waals surface area contributed by atoms with E-state index in [9.17, 15) is 4.79 Å². The lowest BCUT2D eigenvalue weighted by atomic mass is 10.2. The van der Waals surface area contributed by atoms with Gasteiger partial charge >= 0.3 is 0 Å². The summed E-state index contributed by atoms with van der Waals surface area (Å²) in [6.07, 6.45) is 0.757. The zero-order valence-corrected chi connectivity index (χ0v) is 13.3. The van der Waals surface area contributed by atoms with Gasteiger partial charge in [0.15, 0.2) is 23.0 Å². The fourth-order valence-corrected chi connectivity index (χ4v) is 2.58. The fraction of sp³-hybridized carbons (Fsp3) is 0.235. The van der Waals surface area contributed by atoms with Gasteiger partial charge in [0, 0.05) is 5.56 Å². The van der Waals surface area contributed by atoms with E-state index < -0.39 is 0 Å². The number of aldehydes is 1. The molecule has 0 amide bonds. The van der Waals surface area contributed by atoms with E-state index >= 15 is 0 Å². The normalized spacial score (nSPS) is 12.6. The van der Waals surface area contributed by atoms with E-state index in [4.69, 9.17) is 30.5 Å². The SMILES string of the molecule is COc1ccc(C=O)cc1OCc1cc(Cl)c2c(c1)OCCO2. The summed E-state index contributed by atoms with van der Waals surface area (Å²) in [6.45, 7) is 1.23. The summed E-state index contributed by atoms with van der Waals surface area (Å²) in [6, 6.07) is 8.59. The van der Waals surface area contributed by atoms with E-state index in [0.29, 0.717) is 46.8 Å². The van der Waals surface area contributed by atoms with Crippen molar-refractivity contribution < 1.29 is 23.7 Å². The average Bonchev–Trinajstić information content (AvgIpc) is 2.59. The molecule has 0 radical (unpaired) electrons. The molecular weight excluding hydrogens is 320 g/mol. The monoisotopic (exact) mass is 334 g/mol. The molecule has 120 valence electrons. The third-order valence-corrected chi connectivity index (χ3v) is 3.66. The molecule has 0 spiro atoms. The molecule has 0 saturated carbocycles. The second kappa shape index (κ2) is 6.79. The van der Waals surface area contributed by atoms with Gasteiger partial charge in [0.05, 0.1) is 12.1 Å². The zero-order valence-electron chi connectivity index (χ0n) is 12.5. The van der Waals surface area contributed by atoms with Crippen LogP contribution in [0.5, 0.6) is 23.0 Å². The van der Waals surface area contributed by atoms with Crippen LogP contribution >= 0.6 is 11.6 Å². The molecule has 0 N–H and O–H groups in total. The van der Waals surface area contributed by atoms with Crippen molar-refractivity contribution in [3.8, 4) is 23.0 Å². The molecule has 1 heterocycles. The van der Waals surface area contributed by atoms with Gasteiger partial charge in [-0.3, -0.25) is 4.79 Å². The van der Waals surface area contributed by atoms with Gasteiger partial charge in [0.1, 0.15) is 26.1 Å². The highest BCUT2D eigenvalue weighted by Crippen LogP contribution is 2.38. The minimum absolute atomic E-state index is 0.259. The predicted octanol–water partition coefficient (Wildman–Crippen LogP) is 3.51. The quantitative estimate of drug-likeness (QED) is 0.783. The van der Waals surface area contributed by atoms with Gasteiger partial charge in [-0.05, 0) is 35.9 Å². The summed E-state index contributed by atoms with van der Waals surface area (Å²) < 4.78 is 22.0. The number of carbonyl (C=O) groups excluding carboxylic acids is 1. The lowest BCUT2D eigenvalue weighted by Crippen LogP contribution is -2.16. The largest absolute Gasteiger partial charge is 0.493 e. The molecule has 0 fully saturated rings. The van der Waals surface area contributed by atoms with E-state index in [0.717, 1.165) is 11.8 Å². The smallest absolute Gasteiger partial charge is 0.179 e. The molecule has 0 saturated heterocycles. The van der Waals surface area contributed by atoms with Crippen molar-refractivity contribution >= 4 is 17.9 Å². The van der Waals surface area contributed by atoms with E-state index in [2.05, 4.69) is 0 Å². The van der Waals surface area contributed by atoms with Crippen LogP contribution in [0.3, 0.4) is 0 Å². The molecule has 2 aromatic carbocycles. The number of ether oxygens (including phenoxy) is 4. The Morgan fingerprint density at radius 1 is 1.17 bits per heavy atom. The maximum Gasteiger partial charge on any atom is 0.179 e. The first-order chi connectivity index (χ1) is 11.2. The third-order valence-electron chi connectivity index (χ3n) is 3.37. The number of carbonyl (C=O) groups is 1. The molecule has 0 aliphatic carbocycles. The molecule has 1 aliphatic heterocycles. The molecule has 0 aromatic heterocycles. The molecule has 2 aromatic rings. The molecule has 23 heavy (non-hydrogen) atoms. The third kappa shape index (κ3) is 3.35. The molecule has 0 atom stereocenters. The van der Waals surface area contributed by atoms with Crippen LogP contribution < -0.4 is 18.9 Å². The molecule has 6 heteroatoms. The Kier molecular flexibility index (Phi) is 4.57. The first-order valence-electron chi connectivity index (χ1n) is 7.05. The van der Waals surface area contributed by atoms with Crippen molar-refractivity contribution in [2.75, 3.05) is 20.3 Å². The summed E-state index contributed by atoms with van der Waals surface area (Å²) >= 11 is 6.20. The lowest BCUT2D eigenvalue weighted by molar-refractivity contribution is 0.112. The van der Waals surface area contributed by atoms with Gasteiger partial charge in [0.2, 0.25) is 0 Å². The number of hydrogen-bond donors (Lipinski definition) is 0. The summed E-state index contributed by atoms with van der Waals surface area (Å²) in [5.41, 5.74) is 1.35. The second-order valence-electron chi connectivity index (χ2n) is 4.92. The number of halogens is 1. The van der Waals surface area contributed by atoms with Crippen molar-refractivity contribution in [2.24, 2.45) is 0 Å². The summed E-state index contributed by atoms with van der Waals surface area (Å²) in [7, 11) is 1.55. The van der Waals surface area contributed by atoms with Crippen LogP contribution in [0.25, 0.3) is 0 Å². The number of rotatable bonds is 5. The topological polar surface area (TPSA) is 54.0 Å². The first kappa shape index (κ1) is 15.5. The van der Waals surface area contributed by atoms with Crippen LogP contribution in [0.4, 0.5) is 0 Å². The summed E-state index contributed by atoms with van der Waals surface area (Å²) in [5, 5.41) is 0.481. The van der Waals surface area contributed by atoms with Gasteiger partial charge in [-0.25, -0.2) is 0 Å². The number of benzene rings is 2. The van der Waals surface area contributed by atoms with E-state index in [1.165, 1.54) is 0 Å².